The number of carbonyl (C=O) groups excluding carboxylic acids is 1. The normalized spacial score (nSPS) is 10.7. The van der Waals surface area contributed by atoms with Crippen molar-refractivity contribution in [3.63, 3.8) is 0 Å². The van der Waals surface area contributed by atoms with Crippen molar-refractivity contribution in [2.45, 2.75) is 13.8 Å². The quantitative estimate of drug-likeness (QED) is 0.452. The number of halogens is 1. The number of anilines is 2. The van der Waals surface area contributed by atoms with Crippen LogP contribution in [0, 0.1) is 6.92 Å². The lowest BCUT2D eigenvalue weighted by Crippen LogP contribution is -2.23. The van der Waals surface area contributed by atoms with Gasteiger partial charge in [0, 0.05) is 23.7 Å². The fourth-order valence-electron chi connectivity index (χ4n) is 3.14. The van der Waals surface area contributed by atoms with Gasteiger partial charge in [-0.05, 0) is 36.8 Å². The zero-order valence-corrected chi connectivity index (χ0v) is 16.6. The second-order valence-electron chi connectivity index (χ2n) is 6.45. The van der Waals surface area contributed by atoms with Crippen LogP contribution in [-0.4, -0.2) is 21.0 Å². The predicted molar refractivity (Wildman–Crippen MR) is 112 cm³/mol. The Kier molecular flexibility index (Phi) is 5.10. The molecule has 0 aliphatic rings. The Hall–Kier alpha value is -3.51. The average molecular weight is 405 g/mol. The van der Waals surface area contributed by atoms with Gasteiger partial charge in [-0.1, -0.05) is 47.1 Å². The highest BCUT2D eigenvalue weighted by molar-refractivity contribution is 6.30. The topological polar surface area (TPSA) is 72.1 Å². The molecule has 0 atom stereocenters. The van der Waals surface area contributed by atoms with E-state index in [1.165, 1.54) is 18.2 Å². The molecule has 7 heteroatoms. The molecule has 29 heavy (non-hydrogen) atoms. The molecule has 2 heterocycles. The molecule has 0 radical (unpaired) electrons. The zero-order valence-electron chi connectivity index (χ0n) is 15.8. The van der Waals surface area contributed by atoms with Gasteiger partial charge in [0.25, 0.3) is 0 Å². The molecule has 6 nitrogen and oxygen atoms in total. The van der Waals surface area contributed by atoms with Gasteiger partial charge in [0.15, 0.2) is 0 Å². The van der Waals surface area contributed by atoms with Crippen LogP contribution in [-0.2, 0) is 4.79 Å². The molecule has 4 aromatic rings. The van der Waals surface area contributed by atoms with E-state index in [-0.39, 0.29) is 5.91 Å². The number of benzene rings is 2. The van der Waals surface area contributed by atoms with Crippen LogP contribution in [0.15, 0.2) is 71.6 Å². The fraction of sp³-hybridized carbons (Fsp3) is 0.0909. The van der Waals surface area contributed by atoms with Crippen LogP contribution in [0.5, 0.6) is 0 Å². The van der Waals surface area contributed by atoms with Gasteiger partial charge in [-0.2, -0.15) is 0 Å². The summed E-state index contributed by atoms with van der Waals surface area (Å²) in [7, 11) is 0. The number of hydrogen-bond donors (Lipinski definition) is 0. The fourth-order valence-corrected chi connectivity index (χ4v) is 3.27. The lowest BCUT2D eigenvalue weighted by Gasteiger charge is -2.21. The summed E-state index contributed by atoms with van der Waals surface area (Å²) in [6.07, 6.45) is 3.08. The Bertz CT molecular complexity index is 1160. The van der Waals surface area contributed by atoms with E-state index in [4.69, 9.17) is 16.1 Å². The summed E-state index contributed by atoms with van der Waals surface area (Å²) in [5, 5.41) is 4.90. The van der Waals surface area contributed by atoms with E-state index in [2.05, 4.69) is 15.1 Å². The van der Waals surface area contributed by atoms with Crippen LogP contribution in [0.3, 0.4) is 0 Å². The number of rotatable bonds is 4. The van der Waals surface area contributed by atoms with Gasteiger partial charge in [-0.15, -0.1) is 0 Å². The summed E-state index contributed by atoms with van der Waals surface area (Å²) in [6.45, 7) is 3.42. The summed E-state index contributed by atoms with van der Waals surface area (Å²) in [6, 6.07) is 16.6. The van der Waals surface area contributed by atoms with Crippen LogP contribution in [0.2, 0.25) is 5.02 Å². The Balaban J connectivity index is 1.97. The number of aromatic nitrogens is 3. The van der Waals surface area contributed by atoms with E-state index in [1.807, 2.05) is 43.3 Å². The summed E-state index contributed by atoms with van der Waals surface area (Å²) < 4.78 is 5.73. The minimum atomic E-state index is -0.201. The van der Waals surface area contributed by atoms with Gasteiger partial charge in [-0.25, -0.2) is 14.9 Å². The monoisotopic (exact) mass is 404 g/mol. The van der Waals surface area contributed by atoms with E-state index in [1.54, 1.807) is 24.4 Å². The van der Waals surface area contributed by atoms with Crippen molar-refractivity contribution in [3.8, 4) is 22.5 Å². The van der Waals surface area contributed by atoms with Crippen molar-refractivity contribution < 1.29 is 9.32 Å². The maximum absolute atomic E-state index is 12.7. The molecule has 0 N–H and O–H groups in total. The van der Waals surface area contributed by atoms with E-state index in [0.29, 0.717) is 33.5 Å². The second-order valence-corrected chi connectivity index (χ2v) is 6.89. The van der Waals surface area contributed by atoms with Gasteiger partial charge in [0.2, 0.25) is 11.8 Å². The highest BCUT2D eigenvalue weighted by Gasteiger charge is 2.28. The Morgan fingerprint density at radius 3 is 2.48 bits per heavy atom. The van der Waals surface area contributed by atoms with Crippen LogP contribution in [0.4, 0.5) is 11.6 Å². The second kappa shape index (κ2) is 7.85. The maximum Gasteiger partial charge on any atom is 0.248 e. The van der Waals surface area contributed by atoms with E-state index in [0.717, 1.165) is 11.1 Å². The van der Waals surface area contributed by atoms with Crippen molar-refractivity contribution in [3.05, 3.63) is 77.7 Å². The first-order valence-corrected chi connectivity index (χ1v) is 9.32. The lowest BCUT2D eigenvalue weighted by atomic mass is 10.0. The van der Waals surface area contributed by atoms with Gasteiger partial charge >= 0.3 is 0 Å². The van der Waals surface area contributed by atoms with Gasteiger partial charge in [0.05, 0.1) is 16.9 Å². The third kappa shape index (κ3) is 3.62. The molecule has 0 fully saturated rings. The predicted octanol–water partition coefficient (Wildman–Crippen LogP) is 5.45. The number of para-hydroxylation sites is 1. The molecular formula is C22H17ClN4O2. The Morgan fingerprint density at radius 1 is 1.07 bits per heavy atom. The summed E-state index contributed by atoms with van der Waals surface area (Å²) >= 11 is 6.03. The lowest BCUT2D eigenvalue weighted by molar-refractivity contribution is -0.116. The summed E-state index contributed by atoms with van der Waals surface area (Å²) in [5.74, 6) is 0.101. The van der Waals surface area contributed by atoms with Crippen molar-refractivity contribution in [1.29, 1.82) is 0 Å². The molecule has 4 rings (SSSR count). The first-order valence-electron chi connectivity index (χ1n) is 8.94. The molecule has 0 saturated carbocycles. The molecule has 0 aliphatic carbocycles. The summed E-state index contributed by atoms with van der Waals surface area (Å²) in [5.41, 5.74) is 4.21. The Morgan fingerprint density at radius 2 is 1.83 bits per heavy atom. The van der Waals surface area contributed by atoms with Crippen molar-refractivity contribution >= 4 is 29.1 Å². The van der Waals surface area contributed by atoms with Crippen LogP contribution in [0.25, 0.3) is 22.5 Å². The Labute approximate surface area is 172 Å². The highest BCUT2D eigenvalue weighted by atomic mass is 35.5. The third-order valence-electron chi connectivity index (χ3n) is 4.50. The van der Waals surface area contributed by atoms with E-state index in [9.17, 15) is 4.79 Å². The van der Waals surface area contributed by atoms with Crippen molar-refractivity contribution in [2.75, 3.05) is 4.90 Å². The molecule has 0 bridgehead atoms. The number of carbonyl (C=O) groups is 1. The van der Waals surface area contributed by atoms with Gasteiger partial charge in [0.1, 0.15) is 12.0 Å². The number of hydrogen-bond acceptors (Lipinski definition) is 5. The first kappa shape index (κ1) is 18.8. The molecule has 0 spiro atoms. The number of amides is 1. The highest BCUT2D eigenvalue weighted by Crippen LogP contribution is 2.42. The van der Waals surface area contributed by atoms with Crippen LogP contribution >= 0.6 is 11.6 Å². The van der Waals surface area contributed by atoms with E-state index < -0.39 is 0 Å². The third-order valence-corrected chi connectivity index (χ3v) is 4.76. The summed E-state index contributed by atoms with van der Waals surface area (Å²) in [4.78, 5) is 22.5. The zero-order chi connectivity index (χ0) is 20.4. The molecule has 1 amide bonds. The first-order chi connectivity index (χ1) is 14.1. The van der Waals surface area contributed by atoms with Crippen molar-refractivity contribution in [2.24, 2.45) is 0 Å². The molecule has 0 saturated heterocycles. The number of nitrogens with zero attached hydrogens (tertiary/aromatic N) is 4. The minimum absolute atomic E-state index is 0.201. The largest absolute Gasteiger partial charge is 0.336 e. The SMILES string of the molecule is CC(=O)N(c1ccccc1C)c1onc(-c2ccc(Cl)cc2)c1-c1ccncn1. The van der Waals surface area contributed by atoms with E-state index >= 15 is 0 Å². The molecular weight excluding hydrogens is 388 g/mol. The standard InChI is InChI=1S/C22H17ClN4O2/c1-14-5-3-4-6-19(14)27(15(2)28)22-20(18-11-12-24-13-25-18)21(26-29-22)16-7-9-17(23)10-8-16/h3-13H,1-2H3. The number of aryl methyl sites for hydroxylation is 1. The van der Waals surface area contributed by atoms with Gasteiger partial charge < -0.3 is 4.52 Å². The molecule has 0 unspecified atom stereocenters. The van der Waals surface area contributed by atoms with Crippen LogP contribution < -0.4 is 4.90 Å². The molecule has 2 aromatic heterocycles. The molecule has 0 aliphatic heterocycles. The molecule has 2 aromatic carbocycles. The van der Waals surface area contributed by atoms with Crippen molar-refractivity contribution in [1.82, 2.24) is 15.1 Å². The minimum Gasteiger partial charge on any atom is -0.336 e. The van der Waals surface area contributed by atoms with Gasteiger partial charge in [-0.3, -0.25) is 4.79 Å². The molecule has 144 valence electrons. The average Bonchev–Trinajstić information content (AvgIpc) is 3.15. The maximum atomic E-state index is 12.7. The van der Waals surface area contributed by atoms with Crippen LogP contribution in [0.1, 0.15) is 12.5 Å². The smallest absolute Gasteiger partial charge is 0.248 e.